The van der Waals surface area contributed by atoms with E-state index in [1.807, 2.05) is 6.92 Å². The number of ether oxygens (including phenoxy) is 1. The molecule has 5 nitrogen and oxygen atoms in total. The molecule has 0 aromatic carbocycles. The number of aliphatic hydroxyl groups excluding tert-OH is 1. The van der Waals surface area contributed by atoms with Crippen LogP contribution < -0.4 is 5.32 Å². The number of nitriles is 1. The lowest BCUT2D eigenvalue weighted by Crippen LogP contribution is -2.24. The highest BCUT2D eigenvalue weighted by molar-refractivity contribution is 5.59. The first-order chi connectivity index (χ1) is 8.08. The fraction of sp³-hybridized carbons (Fsp3) is 0.500. The summed E-state index contributed by atoms with van der Waals surface area (Å²) in [5, 5.41) is 21.6. The maximum atomic E-state index is 9.53. The predicted octanol–water partition coefficient (Wildman–Crippen LogP) is 0.989. The van der Waals surface area contributed by atoms with Gasteiger partial charge in [0.25, 0.3) is 0 Å². The third kappa shape index (κ3) is 3.70. The molecule has 1 rings (SSSR count). The Balaban J connectivity index is 2.80. The number of hydrogen-bond donors (Lipinski definition) is 2. The van der Waals surface area contributed by atoms with Gasteiger partial charge in [0, 0.05) is 19.3 Å². The quantitative estimate of drug-likeness (QED) is 0.795. The maximum absolute atomic E-state index is 9.53. The Kier molecular flexibility index (Phi) is 4.88. The standard InChI is InChI=1S/C12H17N3O2/c1-8-4-12(11(5-13)9(2)15-8)14-6-10(16)7-17-3/h4,10,16H,6-7H2,1-3H3,(H,14,15). The van der Waals surface area contributed by atoms with Crippen molar-refractivity contribution in [3.8, 4) is 6.07 Å². The topological polar surface area (TPSA) is 78.2 Å². The lowest BCUT2D eigenvalue weighted by Gasteiger charge is -2.14. The van der Waals surface area contributed by atoms with E-state index in [1.54, 1.807) is 13.0 Å². The summed E-state index contributed by atoms with van der Waals surface area (Å²) in [7, 11) is 1.53. The molecule has 0 fully saturated rings. The van der Waals surface area contributed by atoms with E-state index in [0.29, 0.717) is 23.5 Å². The van der Waals surface area contributed by atoms with Crippen molar-refractivity contribution in [3.63, 3.8) is 0 Å². The van der Waals surface area contributed by atoms with Crippen LogP contribution in [0.5, 0.6) is 0 Å². The minimum Gasteiger partial charge on any atom is -0.389 e. The first-order valence-electron chi connectivity index (χ1n) is 5.37. The van der Waals surface area contributed by atoms with E-state index in [0.717, 1.165) is 5.69 Å². The van der Waals surface area contributed by atoms with E-state index < -0.39 is 6.10 Å². The molecule has 5 heteroatoms. The normalized spacial score (nSPS) is 11.9. The predicted molar refractivity (Wildman–Crippen MR) is 64.8 cm³/mol. The highest BCUT2D eigenvalue weighted by Gasteiger charge is 2.09. The van der Waals surface area contributed by atoms with Crippen LogP contribution in [0.2, 0.25) is 0 Å². The number of aliphatic hydroxyl groups is 1. The Morgan fingerprint density at radius 2 is 2.29 bits per heavy atom. The summed E-state index contributed by atoms with van der Waals surface area (Å²) in [4.78, 5) is 4.22. The fourth-order valence-corrected chi connectivity index (χ4v) is 1.59. The molecule has 0 radical (unpaired) electrons. The Labute approximate surface area is 101 Å². The first kappa shape index (κ1) is 13.4. The zero-order valence-corrected chi connectivity index (χ0v) is 10.3. The van der Waals surface area contributed by atoms with Crippen LogP contribution in [0.1, 0.15) is 17.0 Å². The van der Waals surface area contributed by atoms with Gasteiger partial charge in [0.05, 0.1) is 29.7 Å². The summed E-state index contributed by atoms with van der Waals surface area (Å²) >= 11 is 0. The Morgan fingerprint density at radius 3 is 2.88 bits per heavy atom. The van der Waals surface area contributed by atoms with Crippen molar-refractivity contribution in [2.24, 2.45) is 0 Å². The number of nitrogens with one attached hydrogen (secondary N) is 1. The molecular formula is C12H17N3O2. The smallest absolute Gasteiger partial charge is 0.103 e. The van der Waals surface area contributed by atoms with Crippen LogP contribution in [-0.2, 0) is 4.74 Å². The zero-order chi connectivity index (χ0) is 12.8. The molecule has 1 unspecified atom stereocenters. The SMILES string of the molecule is COCC(O)CNc1cc(C)nc(C)c1C#N. The number of aromatic nitrogens is 1. The molecule has 0 aliphatic carbocycles. The minimum absolute atomic E-state index is 0.262. The van der Waals surface area contributed by atoms with Gasteiger partial charge in [-0.3, -0.25) is 4.98 Å². The molecule has 0 saturated heterocycles. The fourth-order valence-electron chi connectivity index (χ4n) is 1.59. The Morgan fingerprint density at radius 1 is 1.59 bits per heavy atom. The van der Waals surface area contributed by atoms with Crippen molar-refractivity contribution in [2.75, 3.05) is 25.6 Å². The van der Waals surface area contributed by atoms with E-state index in [1.165, 1.54) is 7.11 Å². The summed E-state index contributed by atoms with van der Waals surface area (Å²) in [5.41, 5.74) is 2.74. The van der Waals surface area contributed by atoms with Gasteiger partial charge < -0.3 is 15.2 Å². The average Bonchev–Trinajstić information content (AvgIpc) is 2.26. The number of methoxy groups -OCH3 is 1. The summed E-state index contributed by atoms with van der Waals surface area (Å²) in [5.74, 6) is 0. The van der Waals surface area contributed by atoms with Gasteiger partial charge in [0.15, 0.2) is 0 Å². The number of hydrogen-bond acceptors (Lipinski definition) is 5. The molecule has 0 aliphatic rings. The highest BCUT2D eigenvalue weighted by Crippen LogP contribution is 2.18. The van der Waals surface area contributed by atoms with Gasteiger partial charge in [-0.1, -0.05) is 0 Å². The Hall–Kier alpha value is -1.64. The third-order valence-electron chi connectivity index (χ3n) is 2.33. The minimum atomic E-state index is -0.597. The molecular weight excluding hydrogens is 218 g/mol. The molecule has 1 heterocycles. The van der Waals surface area contributed by atoms with Gasteiger partial charge in [-0.05, 0) is 19.9 Å². The first-order valence-corrected chi connectivity index (χ1v) is 5.37. The molecule has 1 atom stereocenters. The second-order valence-corrected chi connectivity index (χ2v) is 3.87. The molecule has 1 aromatic heterocycles. The van der Waals surface area contributed by atoms with E-state index in [-0.39, 0.29) is 6.61 Å². The van der Waals surface area contributed by atoms with Crippen molar-refractivity contribution >= 4 is 5.69 Å². The number of nitrogens with zero attached hydrogens (tertiary/aromatic N) is 2. The summed E-state index contributed by atoms with van der Waals surface area (Å²) < 4.78 is 4.83. The van der Waals surface area contributed by atoms with E-state index >= 15 is 0 Å². The molecule has 0 spiro atoms. The van der Waals surface area contributed by atoms with E-state index in [9.17, 15) is 5.11 Å². The lowest BCUT2D eigenvalue weighted by molar-refractivity contribution is 0.0727. The highest BCUT2D eigenvalue weighted by atomic mass is 16.5. The van der Waals surface area contributed by atoms with Crippen LogP contribution in [0.15, 0.2) is 6.07 Å². The van der Waals surface area contributed by atoms with Gasteiger partial charge in [0.2, 0.25) is 0 Å². The summed E-state index contributed by atoms with van der Waals surface area (Å²) in [6, 6.07) is 3.91. The lowest BCUT2D eigenvalue weighted by atomic mass is 10.1. The van der Waals surface area contributed by atoms with Gasteiger partial charge in [-0.25, -0.2) is 0 Å². The average molecular weight is 235 g/mol. The number of pyridine rings is 1. The van der Waals surface area contributed by atoms with Crippen LogP contribution in [-0.4, -0.2) is 36.5 Å². The molecule has 0 bridgehead atoms. The van der Waals surface area contributed by atoms with Crippen molar-refractivity contribution in [1.29, 1.82) is 5.26 Å². The molecule has 0 saturated carbocycles. The maximum Gasteiger partial charge on any atom is 0.103 e. The molecule has 17 heavy (non-hydrogen) atoms. The van der Waals surface area contributed by atoms with Crippen LogP contribution in [0, 0.1) is 25.2 Å². The van der Waals surface area contributed by atoms with Crippen LogP contribution in [0.3, 0.4) is 0 Å². The van der Waals surface area contributed by atoms with Crippen LogP contribution in [0.25, 0.3) is 0 Å². The summed E-state index contributed by atoms with van der Waals surface area (Å²) in [6.07, 6.45) is -0.597. The molecule has 1 aromatic rings. The van der Waals surface area contributed by atoms with Gasteiger partial charge in [-0.15, -0.1) is 0 Å². The van der Waals surface area contributed by atoms with Gasteiger partial charge in [0.1, 0.15) is 6.07 Å². The zero-order valence-electron chi connectivity index (χ0n) is 10.3. The second kappa shape index (κ2) is 6.18. The third-order valence-corrected chi connectivity index (χ3v) is 2.33. The van der Waals surface area contributed by atoms with Crippen molar-refractivity contribution in [1.82, 2.24) is 4.98 Å². The second-order valence-electron chi connectivity index (χ2n) is 3.87. The number of aryl methyl sites for hydroxylation is 2. The number of anilines is 1. The van der Waals surface area contributed by atoms with Crippen LogP contribution in [0.4, 0.5) is 5.69 Å². The van der Waals surface area contributed by atoms with E-state index in [2.05, 4.69) is 16.4 Å². The van der Waals surface area contributed by atoms with Gasteiger partial charge in [-0.2, -0.15) is 5.26 Å². The Bertz CT molecular complexity index is 426. The summed E-state index contributed by atoms with van der Waals surface area (Å²) in [6.45, 7) is 4.26. The van der Waals surface area contributed by atoms with Crippen molar-refractivity contribution in [2.45, 2.75) is 20.0 Å². The van der Waals surface area contributed by atoms with Crippen molar-refractivity contribution < 1.29 is 9.84 Å². The molecule has 2 N–H and O–H groups in total. The van der Waals surface area contributed by atoms with Crippen molar-refractivity contribution in [3.05, 3.63) is 23.0 Å². The molecule has 92 valence electrons. The molecule has 0 aliphatic heterocycles. The largest absolute Gasteiger partial charge is 0.389 e. The van der Waals surface area contributed by atoms with Crippen LogP contribution >= 0.6 is 0 Å². The monoisotopic (exact) mass is 235 g/mol. The number of rotatable bonds is 5. The molecule has 0 amide bonds. The van der Waals surface area contributed by atoms with Gasteiger partial charge >= 0.3 is 0 Å². The van der Waals surface area contributed by atoms with E-state index in [4.69, 9.17) is 10.00 Å².